The van der Waals surface area contributed by atoms with Crippen LogP contribution in [0.15, 0.2) is 24.3 Å². The number of benzene rings is 1. The highest BCUT2D eigenvalue weighted by Crippen LogP contribution is 2.13. The van der Waals surface area contributed by atoms with E-state index in [2.05, 4.69) is 5.32 Å². The average Bonchev–Trinajstić information content (AvgIpc) is 2.44. The number of urea groups is 1. The molecule has 0 bridgehead atoms. The third-order valence-electron chi connectivity index (χ3n) is 2.82. The summed E-state index contributed by atoms with van der Waals surface area (Å²) in [5.41, 5.74) is 0.759. The Morgan fingerprint density at radius 2 is 2.14 bits per heavy atom. The number of nitrogens with zero attached hydrogens (tertiary/aromatic N) is 2. The first kappa shape index (κ1) is 16.4. The molecule has 0 atom stereocenters. The molecule has 0 saturated heterocycles. The molecule has 0 aliphatic heterocycles. The van der Waals surface area contributed by atoms with Gasteiger partial charge in [0.1, 0.15) is 0 Å². The molecule has 0 unspecified atom stereocenters. The number of nitrogens with one attached hydrogen (secondary N) is 1. The molecule has 1 rings (SSSR count). The third-order valence-corrected chi connectivity index (χ3v) is 2.82. The lowest BCUT2D eigenvalue weighted by molar-refractivity contribution is -0.384. The second kappa shape index (κ2) is 7.83. The van der Waals surface area contributed by atoms with Crippen molar-refractivity contribution in [3.63, 3.8) is 0 Å². The number of carboxylic acids is 1. The number of nitro groups is 1. The quantitative estimate of drug-likeness (QED) is 0.580. The number of hydrogen-bond acceptors (Lipinski definition) is 4. The van der Waals surface area contributed by atoms with Crippen LogP contribution < -0.4 is 5.32 Å². The van der Waals surface area contributed by atoms with E-state index in [0.29, 0.717) is 13.0 Å². The van der Waals surface area contributed by atoms with E-state index >= 15 is 0 Å². The molecule has 2 amide bonds. The first-order valence-corrected chi connectivity index (χ1v) is 6.34. The van der Waals surface area contributed by atoms with Crippen molar-refractivity contribution in [3.8, 4) is 0 Å². The molecule has 21 heavy (non-hydrogen) atoms. The summed E-state index contributed by atoms with van der Waals surface area (Å²) in [5, 5.41) is 21.8. The van der Waals surface area contributed by atoms with E-state index in [1.54, 1.807) is 12.1 Å². The van der Waals surface area contributed by atoms with Gasteiger partial charge >= 0.3 is 12.0 Å². The lowest BCUT2D eigenvalue weighted by Crippen LogP contribution is -2.39. The van der Waals surface area contributed by atoms with Gasteiger partial charge in [0.05, 0.1) is 11.3 Å². The second-order valence-corrected chi connectivity index (χ2v) is 4.47. The lowest BCUT2D eigenvalue weighted by atomic mass is 10.1. The largest absolute Gasteiger partial charge is 0.481 e. The summed E-state index contributed by atoms with van der Waals surface area (Å²) in [6.07, 6.45) is 0.342. The Hall–Kier alpha value is -2.64. The summed E-state index contributed by atoms with van der Waals surface area (Å²) < 4.78 is 0. The number of hydrogen-bond donors (Lipinski definition) is 2. The number of carbonyl (C=O) groups excluding carboxylic acids is 1. The zero-order chi connectivity index (χ0) is 15.8. The molecule has 114 valence electrons. The van der Waals surface area contributed by atoms with Crippen LogP contribution in [0, 0.1) is 10.1 Å². The molecule has 1 aromatic rings. The molecule has 2 N–H and O–H groups in total. The number of carboxylic acid groups (broad SMARTS) is 1. The number of amides is 2. The molecular formula is C13H17N3O5. The molecular weight excluding hydrogens is 278 g/mol. The van der Waals surface area contributed by atoms with Gasteiger partial charge in [-0.1, -0.05) is 12.1 Å². The minimum absolute atomic E-state index is 0.0115. The first-order valence-electron chi connectivity index (χ1n) is 6.34. The Morgan fingerprint density at radius 3 is 2.76 bits per heavy atom. The van der Waals surface area contributed by atoms with Crippen LogP contribution >= 0.6 is 0 Å². The van der Waals surface area contributed by atoms with Crippen molar-refractivity contribution in [1.29, 1.82) is 0 Å². The fourth-order valence-corrected chi connectivity index (χ4v) is 1.64. The molecule has 8 nitrogen and oxygen atoms in total. The van der Waals surface area contributed by atoms with E-state index in [9.17, 15) is 19.7 Å². The zero-order valence-corrected chi connectivity index (χ0v) is 11.6. The summed E-state index contributed by atoms with van der Waals surface area (Å²) >= 11 is 0. The van der Waals surface area contributed by atoms with Gasteiger partial charge < -0.3 is 15.3 Å². The molecule has 0 aliphatic rings. The molecule has 0 aromatic heterocycles. The second-order valence-electron chi connectivity index (χ2n) is 4.47. The molecule has 0 aliphatic carbocycles. The van der Waals surface area contributed by atoms with Crippen LogP contribution in [-0.4, -0.2) is 47.1 Å². The minimum Gasteiger partial charge on any atom is -0.481 e. The highest BCUT2D eigenvalue weighted by molar-refractivity contribution is 5.74. The van der Waals surface area contributed by atoms with Crippen molar-refractivity contribution in [1.82, 2.24) is 10.2 Å². The highest BCUT2D eigenvalue weighted by atomic mass is 16.6. The lowest BCUT2D eigenvalue weighted by Gasteiger charge is -2.16. The van der Waals surface area contributed by atoms with Crippen LogP contribution in [0.4, 0.5) is 10.5 Å². The molecule has 8 heteroatoms. The Kier molecular flexibility index (Phi) is 6.12. The number of non-ortho nitro benzene ring substituents is 1. The highest BCUT2D eigenvalue weighted by Gasteiger charge is 2.10. The Morgan fingerprint density at radius 1 is 1.43 bits per heavy atom. The van der Waals surface area contributed by atoms with Gasteiger partial charge in [-0.3, -0.25) is 14.9 Å². The minimum atomic E-state index is -0.966. The van der Waals surface area contributed by atoms with E-state index in [1.165, 1.54) is 24.1 Å². The van der Waals surface area contributed by atoms with Gasteiger partial charge in [0.15, 0.2) is 0 Å². The number of nitro benzene ring substituents is 1. The maximum Gasteiger partial charge on any atom is 0.317 e. The van der Waals surface area contributed by atoms with E-state index < -0.39 is 10.9 Å². The number of rotatable bonds is 7. The van der Waals surface area contributed by atoms with Crippen molar-refractivity contribution in [2.75, 3.05) is 20.1 Å². The van der Waals surface area contributed by atoms with Crippen LogP contribution in [0.1, 0.15) is 12.0 Å². The van der Waals surface area contributed by atoms with E-state index in [4.69, 9.17) is 5.11 Å². The van der Waals surface area contributed by atoms with Gasteiger partial charge in [0, 0.05) is 32.3 Å². The molecule has 0 saturated carbocycles. The summed E-state index contributed by atoms with van der Waals surface area (Å²) in [7, 11) is 1.51. The fraction of sp³-hybridized carbons (Fsp3) is 0.385. The molecule has 1 aromatic carbocycles. The topological polar surface area (TPSA) is 113 Å². The van der Waals surface area contributed by atoms with Crippen LogP contribution in [0.5, 0.6) is 0 Å². The van der Waals surface area contributed by atoms with E-state index in [-0.39, 0.29) is 24.7 Å². The van der Waals surface area contributed by atoms with Crippen LogP contribution in [0.25, 0.3) is 0 Å². The summed E-state index contributed by atoms with van der Waals surface area (Å²) in [6, 6.07) is 5.82. The van der Waals surface area contributed by atoms with Crippen LogP contribution in [0.3, 0.4) is 0 Å². The Balaban J connectivity index is 2.39. The predicted octanol–water partition coefficient (Wildman–Crippen LogP) is 1.25. The average molecular weight is 295 g/mol. The standard InChI is InChI=1S/C13H17N3O5/c1-15(8-6-12(17)18)13(19)14-7-5-10-3-2-4-11(9-10)16(20)21/h2-4,9H,5-8H2,1H3,(H,14,19)(H,17,18). The van der Waals surface area contributed by atoms with Crippen molar-refractivity contribution in [2.24, 2.45) is 0 Å². The maximum atomic E-state index is 11.6. The summed E-state index contributed by atoms with van der Waals surface area (Å²) in [6.45, 7) is 0.440. The molecule has 0 radical (unpaired) electrons. The zero-order valence-electron chi connectivity index (χ0n) is 11.6. The summed E-state index contributed by atoms with van der Waals surface area (Å²) in [5.74, 6) is -0.966. The van der Waals surface area contributed by atoms with E-state index in [1.807, 2.05) is 0 Å². The predicted molar refractivity (Wildman–Crippen MR) is 75.1 cm³/mol. The molecule has 0 fully saturated rings. The van der Waals surface area contributed by atoms with Gasteiger partial charge in [-0.2, -0.15) is 0 Å². The molecule has 0 heterocycles. The molecule has 0 spiro atoms. The van der Waals surface area contributed by atoms with Crippen LogP contribution in [-0.2, 0) is 11.2 Å². The smallest absolute Gasteiger partial charge is 0.317 e. The van der Waals surface area contributed by atoms with Gasteiger partial charge in [0.2, 0.25) is 0 Å². The van der Waals surface area contributed by atoms with Gasteiger partial charge in [-0.15, -0.1) is 0 Å². The van der Waals surface area contributed by atoms with Crippen molar-refractivity contribution < 1.29 is 19.6 Å². The normalized spacial score (nSPS) is 9.95. The van der Waals surface area contributed by atoms with Crippen molar-refractivity contribution in [3.05, 3.63) is 39.9 Å². The van der Waals surface area contributed by atoms with Crippen molar-refractivity contribution in [2.45, 2.75) is 12.8 Å². The summed E-state index contributed by atoms with van der Waals surface area (Å²) in [4.78, 5) is 33.5. The SMILES string of the molecule is CN(CCC(=O)O)C(=O)NCCc1cccc([N+](=O)[O-])c1. The maximum absolute atomic E-state index is 11.6. The first-order chi connectivity index (χ1) is 9.90. The van der Waals surface area contributed by atoms with Crippen LogP contribution in [0.2, 0.25) is 0 Å². The number of carbonyl (C=O) groups is 2. The third kappa shape index (κ3) is 5.89. The fourth-order valence-electron chi connectivity index (χ4n) is 1.64. The van der Waals surface area contributed by atoms with Gasteiger partial charge in [-0.05, 0) is 12.0 Å². The Bertz CT molecular complexity index is 532. The van der Waals surface area contributed by atoms with Gasteiger partial charge in [0.25, 0.3) is 5.69 Å². The number of aliphatic carboxylic acids is 1. The van der Waals surface area contributed by atoms with Crippen molar-refractivity contribution >= 4 is 17.7 Å². The van der Waals surface area contributed by atoms with Gasteiger partial charge in [-0.25, -0.2) is 4.79 Å². The monoisotopic (exact) mass is 295 g/mol. The van der Waals surface area contributed by atoms with E-state index in [0.717, 1.165) is 5.56 Å². The Labute approximate surface area is 121 Å².